The number of carbonyl (C=O) groups excluding carboxylic acids is 2. The third-order valence-electron chi connectivity index (χ3n) is 2.98. The number of ether oxygens (including phenoxy) is 1. The van der Waals surface area contributed by atoms with Gasteiger partial charge in [-0.3, -0.25) is 9.59 Å². The van der Waals surface area contributed by atoms with Gasteiger partial charge in [-0.2, -0.15) is 0 Å². The Bertz CT molecular complexity index is 461. The van der Waals surface area contributed by atoms with Gasteiger partial charge in [0.05, 0.1) is 6.61 Å². The fraction of sp³-hybridized carbons (Fsp3) is 0.500. The van der Waals surface area contributed by atoms with E-state index in [0.717, 1.165) is 13.0 Å². The van der Waals surface area contributed by atoms with Crippen molar-refractivity contribution >= 4 is 11.7 Å². The minimum atomic E-state index is 0.0152. The SMILES string of the molecule is CNCCCNC(=O)CCCOc1cccc(C(C)=O)c1. The molecule has 0 aliphatic rings. The molecule has 5 heteroatoms. The average Bonchev–Trinajstić information content (AvgIpc) is 2.48. The summed E-state index contributed by atoms with van der Waals surface area (Å²) in [7, 11) is 1.89. The van der Waals surface area contributed by atoms with E-state index in [1.165, 1.54) is 6.92 Å². The molecule has 1 amide bonds. The van der Waals surface area contributed by atoms with E-state index in [-0.39, 0.29) is 11.7 Å². The van der Waals surface area contributed by atoms with E-state index in [2.05, 4.69) is 10.6 Å². The Hall–Kier alpha value is -1.88. The van der Waals surface area contributed by atoms with Gasteiger partial charge in [-0.25, -0.2) is 0 Å². The quantitative estimate of drug-likeness (QED) is 0.509. The number of amides is 1. The lowest BCUT2D eigenvalue weighted by molar-refractivity contribution is -0.121. The van der Waals surface area contributed by atoms with Crippen LogP contribution in [0, 0.1) is 0 Å². The molecule has 2 N–H and O–H groups in total. The van der Waals surface area contributed by atoms with Crippen LogP contribution in [0.15, 0.2) is 24.3 Å². The molecule has 21 heavy (non-hydrogen) atoms. The number of nitrogens with one attached hydrogen (secondary N) is 2. The van der Waals surface area contributed by atoms with E-state index in [1.54, 1.807) is 18.2 Å². The van der Waals surface area contributed by atoms with Crippen molar-refractivity contribution in [1.82, 2.24) is 10.6 Å². The van der Waals surface area contributed by atoms with E-state index in [9.17, 15) is 9.59 Å². The van der Waals surface area contributed by atoms with E-state index in [0.29, 0.717) is 37.3 Å². The molecule has 0 aliphatic heterocycles. The topological polar surface area (TPSA) is 67.4 Å². The third-order valence-corrected chi connectivity index (χ3v) is 2.98. The van der Waals surface area contributed by atoms with Crippen molar-refractivity contribution in [2.45, 2.75) is 26.2 Å². The van der Waals surface area contributed by atoms with Crippen molar-refractivity contribution in [2.75, 3.05) is 26.7 Å². The van der Waals surface area contributed by atoms with Crippen LogP contribution in [-0.2, 0) is 4.79 Å². The second-order valence-corrected chi connectivity index (χ2v) is 4.84. The van der Waals surface area contributed by atoms with Crippen LogP contribution in [-0.4, -0.2) is 38.4 Å². The Morgan fingerprint density at radius 1 is 1.19 bits per heavy atom. The van der Waals surface area contributed by atoms with Gasteiger partial charge in [0.2, 0.25) is 5.91 Å². The fourth-order valence-corrected chi connectivity index (χ4v) is 1.81. The van der Waals surface area contributed by atoms with Crippen LogP contribution in [0.5, 0.6) is 5.75 Å². The molecule has 0 aromatic heterocycles. The van der Waals surface area contributed by atoms with Gasteiger partial charge in [-0.1, -0.05) is 12.1 Å². The van der Waals surface area contributed by atoms with Crippen molar-refractivity contribution < 1.29 is 14.3 Å². The normalized spacial score (nSPS) is 10.2. The molecule has 0 fully saturated rings. The monoisotopic (exact) mass is 292 g/mol. The van der Waals surface area contributed by atoms with Gasteiger partial charge >= 0.3 is 0 Å². The van der Waals surface area contributed by atoms with Gasteiger partial charge in [0.25, 0.3) is 0 Å². The first-order chi connectivity index (χ1) is 10.1. The second kappa shape index (κ2) is 9.94. The zero-order chi connectivity index (χ0) is 15.5. The lowest BCUT2D eigenvalue weighted by Crippen LogP contribution is -2.26. The van der Waals surface area contributed by atoms with Gasteiger partial charge in [-0.05, 0) is 45.5 Å². The number of hydrogen-bond donors (Lipinski definition) is 2. The minimum absolute atomic E-state index is 0.0152. The number of hydrogen-bond acceptors (Lipinski definition) is 4. The molecule has 0 saturated carbocycles. The average molecular weight is 292 g/mol. The molecule has 116 valence electrons. The van der Waals surface area contributed by atoms with Gasteiger partial charge in [-0.15, -0.1) is 0 Å². The molecule has 0 spiro atoms. The van der Waals surface area contributed by atoms with Gasteiger partial charge in [0.15, 0.2) is 5.78 Å². The summed E-state index contributed by atoms with van der Waals surface area (Å²) in [6, 6.07) is 7.08. The molecule has 0 unspecified atom stereocenters. The Morgan fingerprint density at radius 3 is 2.71 bits per heavy atom. The molecule has 5 nitrogen and oxygen atoms in total. The Morgan fingerprint density at radius 2 is 2.00 bits per heavy atom. The van der Waals surface area contributed by atoms with Crippen molar-refractivity contribution in [3.63, 3.8) is 0 Å². The van der Waals surface area contributed by atoms with Crippen molar-refractivity contribution in [2.24, 2.45) is 0 Å². The Labute approximate surface area is 126 Å². The molecule has 1 aromatic carbocycles. The highest BCUT2D eigenvalue weighted by Crippen LogP contribution is 2.14. The van der Waals surface area contributed by atoms with Gasteiger partial charge in [0.1, 0.15) is 5.75 Å². The lowest BCUT2D eigenvalue weighted by Gasteiger charge is -2.08. The third kappa shape index (κ3) is 7.46. The number of carbonyl (C=O) groups is 2. The maximum atomic E-state index is 11.5. The summed E-state index contributed by atoms with van der Waals surface area (Å²) in [6.07, 6.45) is 2.03. The van der Waals surface area contributed by atoms with Crippen LogP contribution < -0.4 is 15.4 Å². The van der Waals surface area contributed by atoms with Gasteiger partial charge < -0.3 is 15.4 Å². The first-order valence-electron chi connectivity index (χ1n) is 7.28. The predicted molar refractivity (Wildman–Crippen MR) is 82.7 cm³/mol. The summed E-state index contributed by atoms with van der Waals surface area (Å²) >= 11 is 0. The number of benzene rings is 1. The highest BCUT2D eigenvalue weighted by molar-refractivity contribution is 5.94. The smallest absolute Gasteiger partial charge is 0.220 e. The predicted octanol–water partition coefficient (Wildman–Crippen LogP) is 1.77. The zero-order valence-electron chi connectivity index (χ0n) is 12.8. The van der Waals surface area contributed by atoms with Crippen molar-refractivity contribution in [1.29, 1.82) is 0 Å². The largest absolute Gasteiger partial charge is 0.494 e. The van der Waals surface area contributed by atoms with Crippen LogP contribution in [0.25, 0.3) is 0 Å². The molecule has 1 rings (SSSR count). The van der Waals surface area contributed by atoms with Crippen molar-refractivity contribution in [3.8, 4) is 5.75 Å². The van der Waals surface area contributed by atoms with E-state index >= 15 is 0 Å². The zero-order valence-corrected chi connectivity index (χ0v) is 12.8. The van der Waals surface area contributed by atoms with E-state index in [4.69, 9.17) is 4.74 Å². The Kier molecular flexibility index (Phi) is 8.12. The highest BCUT2D eigenvalue weighted by Gasteiger charge is 2.03. The molecule has 0 heterocycles. The maximum Gasteiger partial charge on any atom is 0.220 e. The molecule has 0 aliphatic carbocycles. The molecule has 0 bridgehead atoms. The number of ketones is 1. The van der Waals surface area contributed by atoms with Gasteiger partial charge in [0, 0.05) is 18.5 Å². The lowest BCUT2D eigenvalue weighted by atomic mass is 10.1. The molecule has 0 radical (unpaired) electrons. The fourth-order valence-electron chi connectivity index (χ4n) is 1.81. The van der Waals surface area contributed by atoms with E-state index in [1.807, 2.05) is 13.1 Å². The van der Waals surface area contributed by atoms with Crippen LogP contribution in [0.3, 0.4) is 0 Å². The molecule has 1 aromatic rings. The molecule has 0 saturated heterocycles. The Balaban J connectivity index is 2.17. The maximum absolute atomic E-state index is 11.5. The summed E-state index contributed by atoms with van der Waals surface area (Å²) < 4.78 is 5.55. The first-order valence-corrected chi connectivity index (χ1v) is 7.28. The molecular formula is C16H24N2O3. The standard InChI is InChI=1S/C16H24N2O3/c1-13(19)14-6-3-7-15(12-14)21-11-4-8-16(20)18-10-5-9-17-2/h3,6-7,12,17H,4-5,8-11H2,1-2H3,(H,18,20). The van der Waals surface area contributed by atoms with Crippen LogP contribution in [0.1, 0.15) is 36.5 Å². The van der Waals surface area contributed by atoms with Crippen LogP contribution in [0.4, 0.5) is 0 Å². The summed E-state index contributed by atoms with van der Waals surface area (Å²) in [5.74, 6) is 0.728. The molecular weight excluding hydrogens is 268 g/mol. The summed E-state index contributed by atoms with van der Waals surface area (Å²) in [4.78, 5) is 22.8. The highest BCUT2D eigenvalue weighted by atomic mass is 16.5. The molecule has 0 atom stereocenters. The second-order valence-electron chi connectivity index (χ2n) is 4.84. The van der Waals surface area contributed by atoms with E-state index < -0.39 is 0 Å². The van der Waals surface area contributed by atoms with Crippen LogP contribution >= 0.6 is 0 Å². The first kappa shape index (κ1) is 17.2. The minimum Gasteiger partial charge on any atom is -0.494 e. The summed E-state index contributed by atoms with van der Waals surface area (Å²) in [5.41, 5.74) is 0.634. The number of Topliss-reactive ketones (excluding diaryl/α,β-unsaturated/α-hetero) is 1. The number of rotatable bonds is 10. The summed E-state index contributed by atoms with van der Waals surface area (Å²) in [6.45, 7) is 3.58. The van der Waals surface area contributed by atoms with Crippen molar-refractivity contribution in [3.05, 3.63) is 29.8 Å². The summed E-state index contributed by atoms with van der Waals surface area (Å²) in [5, 5.41) is 5.89. The van der Waals surface area contributed by atoms with Crippen LogP contribution in [0.2, 0.25) is 0 Å².